The first-order chi connectivity index (χ1) is 7.54. The minimum atomic E-state index is -0.685. The number of carbonyl (C=O) groups excluding carboxylic acids is 3. The molecule has 0 aromatic rings. The monoisotopic (exact) mass is 228 g/mol. The van der Waals surface area contributed by atoms with Crippen LogP contribution in [0, 0.1) is 0 Å². The van der Waals surface area contributed by atoms with E-state index < -0.39 is 12.0 Å². The van der Waals surface area contributed by atoms with Gasteiger partial charge in [0.1, 0.15) is 6.04 Å². The summed E-state index contributed by atoms with van der Waals surface area (Å²) in [6.45, 7) is 2.16. The molecular formula is C10H16N2O4. The Morgan fingerprint density at radius 2 is 2.25 bits per heavy atom. The molecule has 1 heterocycles. The summed E-state index contributed by atoms with van der Waals surface area (Å²) in [5.41, 5.74) is 0. The normalized spacial score (nSPS) is 17.1. The number of esters is 1. The lowest BCUT2D eigenvalue weighted by Gasteiger charge is -2.17. The Labute approximate surface area is 93.9 Å². The predicted octanol–water partition coefficient (Wildman–Crippen LogP) is -0.713. The summed E-state index contributed by atoms with van der Waals surface area (Å²) < 4.78 is 4.47. The molecule has 6 nitrogen and oxygen atoms in total. The number of ether oxygens (including phenoxy) is 1. The lowest BCUT2D eigenvalue weighted by Crippen LogP contribution is -2.44. The van der Waals surface area contributed by atoms with E-state index in [1.807, 2.05) is 0 Å². The van der Waals surface area contributed by atoms with Crippen LogP contribution in [-0.4, -0.2) is 48.9 Å². The van der Waals surface area contributed by atoms with E-state index in [1.54, 1.807) is 0 Å². The van der Waals surface area contributed by atoms with Crippen molar-refractivity contribution >= 4 is 17.8 Å². The SMILES string of the molecule is COC(=O)[C@H](C)NC(=O)CN1CCCC1=O. The minimum absolute atomic E-state index is 0.0131. The Balaban J connectivity index is 2.35. The maximum atomic E-state index is 11.5. The second-order valence-electron chi connectivity index (χ2n) is 3.73. The zero-order chi connectivity index (χ0) is 12.1. The summed E-state index contributed by atoms with van der Waals surface area (Å²) in [7, 11) is 1.26. The Bertz CT molecular complexity index is 303. The molecule has 0 aromatic heterocycles. The number of carbonyl (C=O) groups is 3. The van der Waals surface area contributed by atoms with Crippen molar-refractivity contribution in [1.29, 1.82) is 0 Å². The van der Waals surface area contributed by atoms with Gasteiger partial charge in [0.25, 0.3) is 0 Å². The lowest BCUT2D eigenvalue weighted by molar-refractivity contribution is -0.144. The smallest absolute Gasteiger partial charge is 0.328 e. The fraction of sp³-hybridized carbons (Fsp3) is 0.700. The largest absolute Gasteiger partial charge is 0.467 e. The minimum Gasteiger partial charge on any atom is -0.467 e. The van der Waals surface area contributed by atoms with Gasteiger partial charge in [-0.25, -0.2) is 4.79 Å². The van der Waals surface area contributed by atoms with Crippen LogP contribution in [0.1, 0.15) is 19.8 Å². The van der Waals surface area contributed by atoms with E-state index in [2.05, 4.69) is 10.1 Å². The average molecular weight is 228 g/mol. The molecule has 0 unspecified atom stereocenters. The summed E-state index contributed by atoms with van der Waals surface area (Å²) in [5, 5.41) is 2.47. The summed E-state index contributed by atoms with van der Waals surface area (Å²) in [6, 6.07) is -0.685. The predicted molar refractivity (Wildman–Crippen MR) is 55.4 cm³/mol. The fourth-order valence-corrected chi connectivity index (χ4v) is 1.57. The van der Waals surface area contributed by atoms with Crippen LogP contribution in [0.4, 0.5) is 0 Å². The molecule has 1 atom stereocenters. The Morgan fingerprint density at radius 3 is 2.75 bits per heavy atom. The van der Waals surface area contributed by atoms with Crippen molar-refractivity contribution in [3.05, 3.63) is 0 Å². The molecule has 0 bridgehead atoms. The first-order valence-electron chi connectivity index (χ1n) is 5.19. The van der Waals surface area contributed by atoms with Crippen LogP contribution in [0.15, 0.2) is 0 Å². The maximum absolute atomic E-state index is 11.5. The quantitative estimate of drug-likeness (QED) is 0.645. The van der Waals surface area contributed by atoms with Crippen LogP contribution in [-0.2, 0) is 19.1 Å². The van der Waals surface area contributed by atoms with E-state index in [4.69, 9.17) is 0 Å². The van der Waals surface area contributed by atoms with Crippen molar-refractivity contribution < 1.29 is 19.1 Å². The van der Waals surface area contributed by atoms with Gasteiger partial charge in [0, 0.05) is 13.0 Å². The number of amides is 2. The molecule has 6 heteroatoms. The highest BCUT2D eigenvalue weighted by Gasteiger charge is 2.24. The van der Waals surface area contributed by atoms with Crippen molar-refractivity contribution in [2.45, 2.75) is 25.8 Å². The second kappa shape index (κ2) is 5.48. The van der Waals surface area contributed by atoms with Gasteiger partial charge in [0.05, 0.1) is 13.7 Å². The molecule has 0 spiro atoms. The van der Waals surface area contributed by atoms with E-state index in [0.717, 1.165) is 6.42 Å². The van der Waals surface area contributed by atoms with Crippen LogP contribution in [0.5, 0.6) is 0 Å². The average Bonchev–Trinajstić information content (AvgIpc) is 2.63. The van der Waals surface area contributed by atoms with Gasteiger partial charge in [-0.05, 0) is 13.3 Å². The molecule has 90 valence electrons. The van der Waals surface area contributed by atoms with Gasteiger partial charge in [0.15, 0.2) is 0 Å². The number of rotatable bonds is 4. The highest BCUT2D eigenvalue weighted by Crippen LogP contribution is 2.08. The van der Waals surface area contributed by atoms with Gasteiger partial charge < -0.3 is 15.0 Å². The molecular weight excluding hydrogens is 212 g/mol. The number of hydrogen-bond acceptors (Lipinski definition) is 4. The van der Waals surface area contributed by atoms with E-state index in [-0.39, 0.29) is 18.4 Å². The van der Waals surface area contributed by atoms with Gasteiger partial charge in [-0.2, -0.15) is 0 Å². The van der Waals surface area contributed by atoms with E-state index in [1.165, 1.54) is 18.9 Å². The Morgan fingerprint density at radius 1 is 1.56 bits per heavy atom. The van der Waals surface area contributed by atoms with Gasteiger partial charge in [-0.1, -0.05) is 0 Å². The summed E-state index contributed by atoms with van der Waals surface area (Å²) in [6.07, 6.45) is 1.29. The van der Waals surface area contributed by atoms with Crippen molar-refractivity contribution in [1.82, 2.24) is 10.2 Å². The summed E-state index contributed by atoms with van der Waals surface area (Å²) >= 11 is 0. The van der Waals surface area contributed by atoms with Crippen LogP contribution in [0.3, 0.4) is 0 Å². The summed E-state index contributed by atoms with van der Waals surface area (Å²) in [5.74, 6) is -0.852. The van der Waals surface area contributed by atoms with Crippen molar-refractivity contribution in [2.24, 2.45) is 0 Å². The Hall–Kier alpha value is -1.59. The van der Waals surface area contributed by atoms with E-state index in [9.17, 15) is 14.4 Å². The lowest BCUT2D eigenvalue weighted by atomic mass is 10.3. The van der Waals surface area contributed by atoms with E-state index >= 15 is 0 Å². The zero-order valence-corrected chi connectivity index (χ0v) is 9.49. The van der Waals surface area contributed by atoms with Crippen LogP contribution < -0.4 is 5.32 Å². The summed E-state index contributed by atoms with van der Waals surface area (Å²) in [4.78, 5) is 35.2. The molecule has 16 heavy (non-hydrogen) atoms. The molecule has 1 N–H and O–H groups in total. The molecule has 0 aromatic carbocycles. The van der Waals surface area contributed by atoms with Crippen molar-refractivity contribution in [3.8, 4) is 0 Å². The van der Waals surface area contributed by atoms with Crippen LogP contribution >= 0.6 is 0 Å². The first-order valence-corrected chi connectivity index (χ1v) is 5.19. The fourth-order valence-electron chi connectivity index (χ4n) is 1.57. The van der Waals surface area contributed by atoms with Crippen molar-refractivity contribution in [2.75, 3.05) is 20.2 Å². The molecule has 0 aliphatic carbocycles. The Kier molecular flexibility index (Phi) is 4.28. The standard InChI is InChI=1S/C10H16N2O4/c1-7(10(15)16-2)11-8(13)6-12-5-3-4-9(12)14/h7H,3-6H2,1-2H3,(H,11,13)/t7-/m0/s1. The molecule has 0 saturated carbocycles. The number of nitrogens with one attached hydrogen (secondary N) is 1. The number of likely N-dealkylation sites (tertiary alicyclic amines) is 1. The third-order valence-electron chi connectivity index (χ3n) is 2.44. The molecule has 1 saturated heterocycles. The maximum Gasteiger partial charge on any atom is 0.328 e. The van der Waals surface area contributed by atoms with Gasteiger partial charge in [-0.15, -0.1) is 0 Å². The molecule has 1 rings (SSSR count). The van der Waals surface area contributed by atoms with Gasteiger partial charge in [0.2, 0.25) is 11.8 Å². The number of hydrogen-bond donors (Lipinski definition) is 1. The zero-order valence-electron chi connectivity index (χ0n) is 9.49. The number of nitrogens with zero attached hydrogens (tertiary/aromatic N) is 1. The van der Waals surface area contributed by atoms with Crippen molar-refractivity contribution in [3.63, 3.8) is 0 Å². The van der Waals surface area contributed by atoms with E-state index in [0.29, 0.717) is 13.0 Å². The van der Waals surface area contributed by atoms with Gasteiger partial charge in [-0.3, -0.25) is 9.59 Å². The molecule has 1 aliphatic heterocycles. The number of methoxy groups -OCH3 is 1. The third-order valence-corrected chi connectivity index (χ3v) is 2.44. The molecule has 0 radical (unpaired) electrons. The highest BCUT2D eigenvalue weighted by molar-refractivity contribution is 5.88. The second-order valence-corrected chi connectivity index (χ2v) is 3.73. The van der Waals surface area contributed by atoms with Gasteiger partial charge >= 0.3 is 5.97 Å². The highest BCUT2D eigenvalue weighted by atomic mass is 16.5. The molecule has 1 aliphatic rings. The molecule has 1 fully saturated rings. The molecule has 2 amide bonds. The van der Waals surface area contributed by atoms with Crippen LogP contribution in [0.25, 0.3) is 0 Å². The topological polar surface area (TPSA) is 75.7 Å². The first kappa shape index (κ1) is 12.5. The third kappa shape index (κ3) is 3.22. The van der Waals surface area contributed by atoms with Crippen LogP contribution in [0.2, 0.25) is 0 Å².